The molecule has 0 saturated heterocycles. The molecule has 0 radical (unpaired) electrons. The number of rotatable bonds is 3. The van der Waals surface area contributed by atoms with Crippen molar-refractivity contribution >= 4 is 31.6 Å². The average molecular weight is 395 g/mol. The van der Waals surface area contributed by atoms with Crippen molar-refractivity contribution in [3.05, 3.63) is 34.1 Å². The molecule has 0 amide bonds. The Morgan fingerprint density at radius 2 is 2.05 bits per heavy atom. The minimum absolute atomic E-state index is 0.0567. The molecule has 1 aliphatic rings. The summed E-state index contributed by atoms with van der Waals surface area (Å²) in [6.07, 6.45) is 1.20. The third-order valence-corrected chi connectivity index (χ3v) is 6.90. The van der Waals surface area contributed by atoms with Crippen LogP contribution in [0.4, 0.5) is 8.78 Å². The Morgan fingerprint density at radius 3 is 2.55 bits per heavy atom. The predicted octanol–water partition coefficient (Wildman–Crippen LogP) is 2.71. The van der Waals surface area contributed by atoms with Crippen LogP contribution in [0.25, 0.3) is 0 Å². The lowest BCUT2D eigenvalue weighted by Crippen LogP contribution is -2.53. The van der Waals surface area contributed by atoms with Gasteiger partial charge in [-0.05, 0) is 38.0 Å². The van der Waals surface area contributed by atoms with Crippen molar-refractivity contribution in [2.24, 2.45) is 10.7 Å². The monoisotopic (exact) mass is 394 g/mol. The lowest BCUT2D eigenvalue weighted by Gasteiger charge is -2.39. The van der Waals surface area contributed by atoms with E-state index in [2.05, 4.69) is 20.9 Å². The van der Waals surface area contributed by atoms with E-state index in [0.717, 1.165) is 6.26 Å². The fraction of sp³-hybridized carbons (Fsp3) is 0.500. The van der Waals surface area contributed by atoms with Gasteiger partial charge in [0.15, 0.2) is 9.84 Å². The van der Waals surface area contributed by atoms with E-state index in [9.17, 15) is 17.2 Å². The summed E-state index contributed by atoms with van der Waals surface area (Å²) in [5.74, 6) is -0.779. The molecule has 1 aromatic rings. The van der Waals surface area contributed by atoms with Crippen LogP contribution < -0.4 is 5.73 Å². The molecule has 122 valence electrons. The van der Waals surface area contributed by atoms with E-state index < -0.39 is 32.6 Å². The zero-order valence-electron chi connectivity index (χ0n) is 12.2. The van der Waals surface area contributed by atoms with Gasteiger partial charge in [-0.15, -0.1) is 0 Å². The largest absolute Gasteiger partial charge is 0.386 e. The lowest BCUT2D eigenvalue weighted by atomic mass is 9.81. The molecule has 2 atom stereocenters. The molecular formula is C14H17BrF2N2O2S. The van der Waals surface area contributed by atoms with Gasteiger partial charge in [0.25, 0.3) is 0 Å². The van der Waals surface area contributed by atoms with E-state index in [0.29, 0.717) is 4.47 Å². The predicted molar refractivity (Wildman–Crippen MR) is 85.9 cm³/mol. The van der Waals surface area contributed by atoms with Gasteiger partial charge in [0, 0.05) is 16.3 Å². The maximum atomic E-state index is 14.1. The minimum Gasteiger partial charge on any atom is -0.386 e. The summed E-state index contributed by atoms with van der Waals surface area (Å²) in [5.41, 5.74) is 4.43. The summed E-state index contributed by atoms with van der Waals surface area (Å²) in [6.45, 7) is 0.501. The number of hydrogen-bond donors (Lipinski definition) is 1. The van der Waals surface area contributed by atoms with E-state index in [4.69, 9.17) is 5.73 Å². The number of nitrogens with zero attached hydrogens (tertiary/aromatic N) is 1. The zero-order chi connectivity index (χ0) is 16.8. The maximum Gasteiger partial charge on any atom is 0.160 e. The van der Waals surface area contributed by atoms with Crippen LogP contribution in [0.1, 0.15) is 25.3 Å². The van der Waals surface area contributed by atoms with Crippen LogP contribution in [0.2, 0.25) is 0 Å². The highest BCUT2D eigenvalue weighted by Crippen LogP contribution is 2.42. The number of sulfone groups is 1. The Morgan fingerprint density at radius 1 is 1.41 bits per heavy atom. The van der Waals surface area contributed by atoms with Gasteiger partial charge in [0.1, 0.15) is 28.6 Å². The second kappa shape index (κ2) is 5.56. The quantitative estimate of drug-likeness (QED) is 0.856. The number of benzene rings is 1. The molecule has 1 aliphatic heterocycles. The molecule has 4 nitrogen and oxygen atoms in total. The Bertz CT molecular complexity index is 738. The molecule has 0 bridgehead atoms. The van der Waals surface area contributed by atoms with Gasteiger partial charge in [-0.3, -0.25) is 4.99 Å². The van der Waals surface area contributed by atoms with Gasteiger partial charge in [-0.1, -0.05) is 15.9 Å². The second-order valence-electron chi connectivity index (χ2n) is 5.79. The van der Waals surface area contributed by atoms with Crippen LogP contribution in [0.3, 0.4) is 0 Å². The molecule has 1 aromatic carbocycles. The summed E-state index contributed by atoms with van der Waals surface area (Å²) in [7, 11) is -3.51. The Hall–Kier alpha value is -1.02. The number of alkyl halides is 1. The van der Waals surface area contributed by atoms with Crippen LogP contribution >= 0.6 is 15.9 Å². The summed E-state index contributed by atoms with van der Waals surface area (Å²) in [5, 5.41) is 0. The van der Waals surface area contributed by atoms with Crippen LogP contribution in [0.15, 0.2) is 27.7 Å². The molecule has 22 heavy (non-hydrogen) atoms. The molecule has 0 fully saturated rings. The van der Waals surface area contributed by atoms with E-state index in [1.807, 2.05) is 0 Å². The highest BCUT2D eigenvalue weighted by atomic mass is 79.9. The van der Waals surface area contributed by atoms with E-state index in [-0.39, 0.29) is 24.2 Å². The summed E-state index contributed by atoms with van der Waals surface area (Å²) in [4.78, 5) is 4.10. The topological polar surface area (TPSA) is 72.5 Å². The first-order valence-corrected chi connectivity index (χ1v) is 9.31. The fourth-order valence-electron chi connectivity index (χ4n) is 2.57. The minimum atomic E-state index is -3.51. The van der Waals surface area contributed by atoms with Gasteiger partial charge in [0.2, 0.25) is 0 Å². The molecular weight excluding hydrogens is 378 g/mol. The number of amidine groups is 1. The van der Waals surface area contributed by atoms with Crippen molar-refractivity contribution < 1.29 is 17.2 Å². The molecule has 2 rings (SSSR count). The number of nitrogens with two attached hydrogens (primary N) is 1. The summed E-state index contributed by atoms with van der Waals surface area (Å²) >= 11 is 3.22. The first kappa shape index (κ1) is 17.3. The summed E-state index contributed by atoms with van der Waals surface area (Å²) in [6, 6.07) is 4.17. The molecule has 0 saturated carbocycles. The highest BCUT2D eigenvalue weighted by molar-refractivity contribution is 9.10. The van der Waals surface area contributed by atoms with E-state index >= 15 is 0 Å². The Kier molecular flexibility index (Phi) is 4.38. The Labute approximate surface area is 136 Å². The van der Waals surface area contributed by atoms with Crippen LogP contribution in [0, 0.1) is 5.82 Å². The zero-order valence-corrected chi connectivity index (χ0v) is 14.6. The number of aliphatic imine (C=N–C) groups is 1. The van der Waals surface area contributed by atoms with Crippen LogP contribution in [-0.4, -0.2) is 31.9 Å². The van der Waals surface area contributed by atoms with Crippen molar-refractivity contribution in [3.63, 3.8) is 0 Å². The molecule has 0 aliphatic carbocycles. The third kappa shape index (κ3) is 2.67. The SMILES string of the molecule is CC1(S(C)(=O)=O)CC[C@@](CF)(c2cc(Br)ccc2F)N=C1N. The molecule has 0 aromatic heterocycles. The first-order chi connectivity index (χ1) is 10.1. The second-order valence-corrected chi connectivity index (χ2v) is 9.15. The van der Waals surface area contributed by atoms with Gasteiger partial charge < -0.3 is 5.73 Å². The van der Waals surface area contributed by atoms with Gasteiger partial charge in [-0.2, -0.15) is 0 Å². The normalized spacial score (nSPS) is 29.2. The lowest BCUT2D eigenvalue weighted by molar-refractivity contribution is 0.266. The summed E-state index contributed by atoms with van der Waals surface area (Å²) < 4.78 is 51.0. The fourth-order valence-corrected chi connectivity index (χ4v) is 3.83. The smallest absolute Gasteiger partial charge is 0.160 e. The number of hydrogen-bond acceptors (Lipinski definition) is 4. The molecule has 0 spiro atoms. The van der Waals surface area contributed by atoms with Gasteiger partial charge in [0.05, 0.1) is 0 Å². The van der Waals surface area contributed by atoms with Crippen molar-refractivity contribution in [1.29, 1.82) is 0 Å². The Balaban J connectivity index is 2.62. The third-order valence-electron chi connectivity index (χ3n) is 4.36. The maximum absolute atomic E-state index is 14.1. The van der Waals surface area contributed by atoms with Crippen molar-refractivity contribution in [2.75, 3.05) is 12.9 Å². The molecule has 2 N–H and O–H groups in total. The van der Waals surface area contributed by atoms with Gasteiger partial charge in [-0.25, -0.2) is 17.2 Å². The highest BCUT2D eigenvalue weighted by Gasteiger charge is 2.49. The van der Waals surface area contributed by atoms with E-state index in [1.54, 1.807) is 0 Å². The standard InChI is InChI=1S/C14H17BrF2N2O2S/c1-13(22(2,20)21)5-6-14(8-16,19-12(13)18)10-7-9(15)3-4-11(10)17/h3-4,7H,5-6,8H2,1-2H3,(H2,18,19)/t13?,14-/m1/s1. The molecule has 8 heteroatoms. The van der Waals surface area contributed by atoms with Crippen molar-refractivity contribution in [2.45, 2.75) is 30.1 Å². The first-order valence-electron chi connectivity index (χ1n) is 6.63. The van der Waals surface area contributed by atoms with Crippen LogP contribution in [-0.2, 0) is 15.4 Å². The van der Waals surface area contributed by atoms with Crippen molar-refractivity contribution in [3.8, 4) is 0 Å². The van der Waals surface area contributed by atoms with E-state index in [1.165, 1.54) is 25.1 Å². The molecule has 1 unspecified atom stereocenters. The number of halogens is 3. The van der Waals surface area contributed by atoms with Crippen LogP contribution in [0.5, 0.6) is 0 Å². The van der Waals surface area contributed by atoms with Gasteiger partial charge >= 0.3 is 0 Å². The molecule has 1 heterocycles. The average Bonchev–Trinajstić information content (AvgIpc) is 2.43. The van der Waals surface area contributed by atoms with Crippen molar-refractivity contribution in [1.82, 2.24) is 0 Å².